The van der Waals surface area contributed by atoms with Gasteiger partial charge >= 0.3 is 0 Å². The van der Waals surface area contributed by atoms with E-state index in [1.165, 1.54) is 36.9 Å². The Kier molecular flexibility index (Phi) is 4.64. The number of unbranched alkanes of at least 4 members (excludes halogenated alkanes) is 2. The number of thioether (sulfide) groups is 1. The van der Waals surface area contributed by atoms with Crippen molar-refractivity contribution in [2.75, 3.05) is 5.75 Å². The number of nitrogens with two attached hydrogens (primary N) is 1. The molecule has 0 saturated heterocycles. The van der Waals surface area contributed by atoms with E-state index in [0.717, 1.165) is 29.2 Å². The fourth-order valence-electron chi connectivity index (χ4n) is 2.28. The molecule has 0 aromatic carbocycles. The molecule has 0 radical (unpaired) electrons. The molecule has 1 aliphatic carbocycles. The first-order valence-corrected chi connectivity index (χ1v) is 7.71. The zero-order valence-corrected chi connectivity index (χ0v) is 11.8. The number of hydrogen-bond donors (Lipinski definition) is 2. The molecule has 98 valence electrons. The Bertz CT molecular complexity index is 443. The zero-order valence-electron chi connectivity index (χ0n) is 11.0. The standard InChI is InChI=1S/C14H21N3S/c1-2-3-4-8-18-14-11(13(15)16)9-10-6-5-7-12(10)17-14/h9H,2-8H2,1H3,(H3,15,16). The van der Waals surface area contributed by atoms with Gasteiger partial charge in [0.1, 0.15) is 10.9 Å². The van der Waals surface area contributed by atoms with Gasteiger partial charge in [-0.1, -0.05) is 19.8 Å². The molecule has 2 rings (SSSR count). The van der Waals surface area contributed by atoms with Gasteiger partial charge in [0.05, 0.1) is 0 Å². The number of rotatable bonds is 6. The third-order valence-electron chi connectivity index (χ3n) is 3.29. The van der Waals surface area contributed by atoms with E-state index in [4.69, 9.17) is 16.1 Å². The van der Waals surface area contributed by atoms with Crippen LogP contribution in [0.3, 0.4) is 0 Å². The average Bonchev–Trinajstić information content (AvgIpc) is 2.80. The Morgan fingerprint density at radius 2 is 2.28 bits per heavy atom. The third-order valence-corrected chi connectivity index (χ3v) is 4.37. The van der Waals surface area contributed by atoms with Crippen molar-refractivity contribution in [3.8, 4) is 0 Å². The number of pyridine rings is 1. The summed E-state index contributed by atoms with van der Waals surface area (Å²) in [5, 5.41) is 8.64. The largest absolute Gasteiger partial charge is 0.384 e. The monoisotopic (exact) mass is 263 g/mol. The average molecular weight is 263 g/mol. The van der Waals surface area contributed by atoms with Crippen LogP contribution in [0, 0.1) is 5.41 Å². The van der Waals surface area contributed by atoms with Crippen LogP contribution in [0.5, 0.6) is 0 Å². The zero-order chi connectivity index (χ0) is 13.0. The van der Waals surface area contributed by atoms with Crippen LogP contribution in [0.1, 0.15) is 49.4 Å². The number of aromatic nitrogens is 1. The van der Waals surface area contributed by atoms with E-state index in [-0.39, 0.29) is 5.84 Å². The summed E-state index contributed by atoms with van der Waals surface area (Å²) in [5.41, 5.74) is 9.01. The molecule has 0 aliphatic heterocycles. The molecule has 0 spiro atoms. The third kappa shape index (κ3) is 3.05. The van der Waals surface area contributed by atoms with Crippen molar-refractivity contribution in [1.29, 1.82) is 5.41 Å². The molecule has 0 bridgehead atoms. The van der Waals surface area contributed by atoms with Crippen molar-refractivity contribution in [3.05, 3.63) is 22.9 Å². The molecule has 0 saturated carbocycles. The maximum absolute atomic E-state index is 7.68. The van der Waals surface area contributed by atoms with Gasteiger partial charge < -0.3 is 5.73 Å². The molecule has 3 N–H and O–H groups in total. The lowest BCUT2D eigenvalue weighted by molar-refractivity contribution is 0.778. The Hall–Kier alpha value is -1.03. The molecule has 0 unspecified atom stereocenters. The summed E-state index contributed by atoms with van der Waals surface area (Å²) >= 11 is 1.75. The number of nitrogens with zero attached hydrogens (tertiary/aromatic N) is 1. The summed E-state index contributed by atoms with van der Waals surface area (Å²) in [7, 11) is 0. The topological polar surface area (TPSA) is 62.8 Å². The van der Waals surface area contributed by atoms with E-state index < -0.39 is 0 Å². The lowest BCUT2D eigenvalue weighted by Crippen LogP contribution is -2.14. The Balaban J connectivity index is 2.14. The molecule has 3 nitrogen and oxygen atoms in total. The summed E-state index contributed by atoms with van der Waals surface area (Å²) in [6, 6.07) is 2.08. The van der Waals surface area contributed by atoms with Crippen LogP contribution in [0.4, 0.5) is 0 Å². The van der Waals surface area contributed by atoms with Gasteiger partial charge in [0.2, 0.25) is 0 Å². The van der Waals surface area contributed by atoms with Crippen molar-refractivity contribution < 1.29 is 0 Å². The van der Waals surface area contributed by atoms with Gasteiger partial charge in [-0.05, 0) is 43.1 Å². The van der Waals surface area contributed by atoms with E-state index in [1.807, 2.05) is 0 Å². The first kappa shape index (κ1) is 13.4. The normalized spacial score (nSPS) is 13.6. The fraction of sp³-hybridized carbons (Fsp3) is 0.571. The van der Waals surface area contributed by atoms with Crippen molar-refractivity contribution in [2.24, 2.45) is 5.73 Å². The second-order valence-corrected chi connectivity index (χ2v) is 5.85. The molecule has 0 atom stereocenters. The number of nitrogen functional groups attached to an aromatic ring is 1. The van der Waals surface area contributed by atoms with E-state index in [1.54, 1.807) is 11.8 Å². The first-order chi connectivity index (χ1) is 8.72. The van der Waals surface area contributed by atoms with E-state index in [9.17, 15) is 0 Å². The predicted molar refractivity (Wildman–Crippen MR) is 77.5 cm³/mol. The number of nitrogens with one attached hydrogen (secondary N) is 1. The van der Waals surface area contributed by atoms with Crippen molar-refractivity contribution in [3.63, 3.8) is 0 Å². The molecule has 1 heterocycles. The molecule has 1 aromatic heterocycles. The molecule has 1 aliphatic rings. The Labute approximate surface area is 113 Å². The Morgan fingerprint density at radius 3 is 3.00 bits per heavy atom. The predicted octanol–water partition coefficient (Wildman–Crippen LogP) is 3.14. The number of amidine groups is 1. The molecule has 0 fully saturated rings. The lowest BCUT2D eigenvalue weighted by atomic mass is 10.1. The summed E-state index contributed by atoms with van der Waals surface area (Å²) in [6.45, 7) is 2.21. The van der Waals surface area contributed by atoms with E-state index in [0.29, 0.717) is 0 Å². The van der Waals surface area contributed by atoms with Crippen LogP contribution in [-0.2, 0) is 12.8 Å². The number of hydrogen-bond acceptors (Lipinski definition) is 3. The van der Waals surface area contributed by atoms with Gasteiger partial charge in [-0.25, -0.2) is 4.98 Å². The van der Waals surface area contributed by atoms with Gasteiger partial charge in [0.15, 0.2) is 0 Å². The van der Waals surface area contributed by atoms with Gasteiger partial charge in [-0.2, -0.15) is 0 Å². The Morgan fingerprint density at radius 1 is 1.44 bits per heavy atom. The summed E-state index contributed by atoms with van der Waals surface area (Å²) in [6.07, 6.45) is 7.05. The maximum atomic E-state index is 7.68. The molecule has 18 heavy (non-hydrogen) atoms. The van der Waals surface area contributed by atoms with E-state index >= 15 is 0 Å². The van der Waals surface area contributed by atoms with Crippen molar-refractivity contribution >= 4 is 17.6 Å². The highest BCUT2D eigenvalue weighted by Crippen LogP contribution is 2.28. The van der Waals surface area contributed by atoms with Gasteiger partial charge in [-0.3, -0.25) is 5.41 Å². The van der Waals surface area contributed by atoms with Crippen LogP contribution < -0.4 is 5.73 Å². The van der Waals surface area contributed by atoms with Crippen LogP contribution in [-0.4, -0.2) is 16.6 Å². The van der Waals surface area contributed by atoms with Crippen LogP contribution in [0.2, 0.25) is 0 Å². The number of aryl methyl sites for hydroxylation is 2. The smallest absolute Gasteiger partial charge is 0.125 e. The summed E-state index contributed by atoms with van der Waals surface area (Å²) < 4.78 is 0. The lowest BCUT2D eigenvalue weighted by Gasteiger charge is -2.10. The minimum atomic E-state index is 0.148. The fourth-order valence-corrected chi connectivity index (χ4v) is 3.32. The van der Waals surface area contributed by atoms with Crippen LogP contribution in [0.25, 0.3) is 0 Å². The minimum Gasteiger partial charge on any atom is -0.384 e. The van der Waals surface area contributed by atoms with E-state index in [2.05, 4.69) is 13.0 Å². The van der Waals surface area contributed by atoms with Crippen LogP contribution >= 0.6 is 11.8 Å². The second-order valence-electron chi connectivity index (χ2n) is 4.77. The van der Waals surface area contributed by atoms with Crippen LogP contribution in [0.15, 0.2) is 11.1 Å². The quantitative estimate of drug-likeness (QED) is 0.359. The molecule has 0 amide bonds. The first-order valence-electron chi connectivity index (χ1n) is 6.72. The summed E-state index contributed by atoms with van der Waals surface area (Å²) in [4.78, 5) is 4.71. The highest BCUT2D eigenvalue weighted by atomic mass is 32.2. The SMILES string of the molecule is CCCCCSc1nc2c(cc1C(=N)N)CCC2. The minimum absolute atomic E-state index is 0.148. The molecule has 4 heteroatoms. The highest BCUT2D eigenvalue weighted by Gasteiger charge is 2.17. The van der Waals surface area contributed by atoms with Crippen molar-refractivity contribution in [1.82, 2.24) is 4.98 Å². The molecular formula is C14H21N3S. The molecule has 1 aromatic rings. The number of fused-ring (bicyclic) bond motifs is 1. The summed E-state index contributed by atoms with van der Waals surface area (Å²) in [5.74, 6) is 1.22. The highest BCUT2D eigenvalue weighted by molar-refractivity contribution is 7.99. The molecular weight excluding hydrogens is 242 g/mol. The van der Waals surface area contributed by atoms with Crippen molar-refractivity contribution in [2.45, 2.75) is 50.5 Å². The second kappa shape index (κ2) is 6.23. The van der Waals surface area contributed by atoms with Gasteiger partial charge in [0, 0.05) is 11.3 Å². The maximum Gasteiger partial charge on any atom is 0.125 e. The van der Waals surface area contributed by atoms with Gasteiger partial charge in [0.25, 0.3) is 0 Å². The van der Waals surface area contributed by atoms with Gasteiger partial charge in [-0.15, -0.1) is 11.8 Å².